The Bertz CT molecular complexity index is 567. The maximum atomic E-state index is 9.66. The van der Waals surface area contributed by atoms with Crippen LogP contribution in [0.5, 0.6) is 5.75 Å². The van der Waals surface area contributed by atoms with Crippen molar-refractivity contribution >= 4 is 10.9 Å². The molecule has 3 rings (SSSR count). The quantitative estimate of drug-likeness (QED) is 0.914. The van der Waals surface area contributed by atoms with E-state index < -0.39 is 0 Å². The van der Waals surface area contributed by atoms with E-state index in [2.05, 4.69) is 22.5 Å². The number of benzene rings is 1. The number of aromatic nitrogens is 1. The van der Waals surface area contributed by atoms with Crippen LogP contribution in [0.15, 0.2) is 24.3 Å². The molecule has 2 aromatic rings. The molecule has 0 atom stereocenters. The maximum Gasteiger partial charge on any atom is 0.117 e. The van der Waals surface area contributed by atoms with E-state index >= 15 is 0 Å². The highest BCUT2D eigenvalue weighted by Crippen LogP contribution is 2.25. The number of rotatable bonds is 3. The first-order valence-corrected chi connectivity index (χ1v) is 7.31. The summed E-state index contributed by atoms with van der Waals surface area (Å²) in [7, 11) is 0. The number of nitrogens with zero attached hydrogens (tertiary/aromatic N) is 2. The third kappa shape index (κ3) is 2.47. The molecule has 1 fully saturated rings. The van der Waals surface area contributed by atoms with E-state index in [4.69, 9.17) is 0 Å². The molecule has 0 spiro atoms. The van der Waals surface area contributed by atoms with Crippen LogP contribution in [-0.4, -0.2) is 27.7 Å². The van der Waals surface area contributed by atoms with E-state index in [0.717, 1.165) is 18.6 Å². The van der Waals surface area contributed by atoms with Crippen LogP contribution in [0.3, 0.4) is 0 Å². The van der Waals surface area contributed by atoms with Crippen LogP contribution < -0.4 is 0 Å². The van der Waals surface area contributed by atoms with Gasteiger partial charge in [-0.1, -0.05) is 6.42 Å². The molecule has 0 unspecified atom stereocenters. The number of phenolic OH excluding ortho intramolecular Hbond substituents is 1. The molecule has 2 heterocycles. The SMILES string of the molecule is CCn1c(CN2CCCCC2)cc2ccc(O)cc21. The fourth-order valence-corrected chi connectivity index (χ4v) is 3.15. The lowest BCUT2D eigenvalue weighted by atomic mass is 10.1. The van der Waals surface area contributed by atoms with Gasteiger partial charge in [-0.2, -0.15) is 0 Å². The number of aromatic hydroxyl groups is 1. The van der Waals surface area contributed by atoms with Gasteiger partial charge < -0.3 is 9.67 Å². The molecule has 1 aromatic heterocycles. The molecule has 0 aliphatic carbocycles. The van der Waals surface area contributed by atoms with Crippen LogP contribution in [-0.2, 0) is 13.1 Å². The predicted octanol–water partition coefficient (Wildman–Crippen LogP) is 3.35. The van der Waals surface area contributed by atoms with Gasteiger partial charge in [0.25, 0.3) is 0 Å². The van der Waals surface area contributed by atoms with Crippen molar-refractivity contribution in [3.05, 3.63) is 30.0 Å². The highest BCUT2D eigenvalue weighted by atomic mass is 16.3. The standard InChI is InChI=1S/C16H22N2O/c1-2-18-14(12-17-8-4-3-5-9-17)10-13-6-7-15(19)11-16(13)18/h6-7,10-11,19H,2-5,8-9,12H2,1H3. The minimum atomic E-state index is 0.352. The molecule has 1 aromatic carbocycles. The molecule has 102 valence electrons. The van der Waals surface area contributed by atoms with Crippen molar-refractivity contribution in [1.29, 1.82) is 0 Å². The lowest BCUT2D eigenvalue weighted by molar-refractivity contribution is 0.216. The molecule has 1 saturated heterocycles. The number of aryl methyl sites for hydroxylation is 1. The largest absolute Gasteiger partial charge is 0.508 e. The first-order chi connectivity index (χ1) is 9.28. The highest BCUT2D eigenvalue weighted by Gasteiger charge is 2.14. The van der Waals surface area contributed by atoms with Crippen LogP contribution in [0.1, 0.15) is 31.9 Å². The van der Waals surface area contributed by atoms with Crippen LogP contribution in [0.2, 0.25) is 0 Å². The second-order valence-electron chi connectivity index (χ2n) is 5.46. The smallest absolute Gasteiger partial charge is 0.117 e. The summed E-state index contributed by atoms with van der Waals surface area (Å²) >= 11 is 0. The monoisotopic (exact) mass is 258 g/mol. The molecule has 0 saturated carbocycles. The zero-order valence-electron chi connectivity index (χ0n) is 11.6. The Balaban J connectivity index is 1.93. The fourth-order valence-electron chi connectivity index (χ4n) is 3.15. The van der Waals surface area contributed by atoms with Gasteiger partial charge in [0.05, 0.1) is 5.52 Å². The maximum absolute atomic E-state index is 9.66. The zero-order chi connectivity index (χ0) is 13.2. The number of piperidine rings is 1. The summed E-state index contributed by atoms with van der Waals surface area (Å²) in [5.41, 5.74) is 2.51. The molecule has 3 heteroatoms. The molecule has 19 heavy (non-hydrogen) atoms. The summed E-state index contributed by atoms with van der Waals surface area (Å²) in [5.74, 6) is 0.352. The second-order valence-corrected chi connectivity index (χ2v) is 5.46. The topological polar surface area (TPSA) is 28.4 Å². The molecule has 1 aliphatic heterocycles. The predicted molar refractivity (Wildman–Crippen MR) is 78.4 cm³/mol. The Labute approximate surface area is 114 Å². The van der Waals surface area contributed by atoms with Gasteiger partial charge in [-0.05, 0) is 51.1 Å². The summed E-state index contributed by atoms with van der Waals surface area (Å²) in [6.07, 6.45) is 4.03. The normalized spacial score (nSPS) is 17.1. The highest BCUT2D eigenvalue weighted by molar-refractivity contribution is 5.82. The molecule has 0 amide bonds. The molecular weight excluding hydrogens is 236 g/mol. The van der Waals surface area contributed by atoms with Crippen LogP contribution in [0.4, 0.5) is 0 Å². The van der Waals surface area contributed by atoms with Crippen LogP contribution >= 0.6 is 0 Å². The van der Waals surface area contributed by atoms with Crippen molar-refractivity contribution in [1.82, 2.24) is 9.47 Å². The summed E-state index contributed by atoms with van der Waals surface area (Å²) in [4.78, 5) is 2.55. The van der Waals surface area contributed by atoms with Gasteiger partial charge in [-0.25, -0.2) is 0 Å². The molecule has 1 aliphatic rings. The summed E-state index contributed by atoms with van der Waals surface area (Å²) in [6, 6.07) is 7.93. The molecular formula is C16H22N2O. The third-order valence-corrected chi connectivity index (χ3v) is 4.12. The Morgan fingerprint density at radius 2 is 1.89 bits per heavy atom. The minimum absolute atomic E-state index is 0.352. The van der Waals surface area contributed by atoms with Crippen molar-refractivity contribution in [3.63, 3.8) is 0 Å². The third-order valence-electron chi connectivity index (χ3n) is 4.12. The number of phenols is 1. The lowest BCUT2D eigenvalue weighted by Crippen LogP contribution is -2.29. The van der Waals surface area contributed by atoms with Crippen molar-refractivity contribution in [3.8, 4) is 5.75 Å². The summed E-state index contributed by atoms with van der Waals surface area (Å²) in [5, 5.41) is 10.9. The Morgan fingerprint density at radius 1 is 1.11 bits per heavy atom. The first-order valence-electron chi connectivity index (χ1n) is 7.31. The average molecular weight is 258 g/mol. The second kappa shape index (κ2) is 5.25. The first kappa shape index (κ1) is 12.5. The van der Waals surface area contributed by atoms with Crippen LogP contribution in [0, 0.1) is 0 Å². The number of hydrogen-bond acceptors (Lipinski definition) is 2. The lowest BCUT2D eigenvalue weighted by Gasteiger charge is -2.26. The van der Waals surface area contributed by atoms with Crippen molar-refractivity contribution < 1.29 is 5.11 Å². The van der Waals surface area contributed by atoms with E-state index in [1.807, 2.05) is 12.1 Å². The van der Waals surface area contributed by atoms with Gasteiger partial charge in [0.1, 0.15) is 5.75 Å². The van der Waals surface area contributed by atoms with Crippen LogP contribution in [0.25, 0.3) is 10.9 Å². The van der Waals surface area contributed by atoms with E-state index in [1.165, 1.54) is 43.4 Å². The van der Waals surface area contributed by atoms with Crippen molar-refractivity contribution in [2.75, 3.05) is 13.1 Å². The van der Waals surface area contributed by atoms with Gasteiger partial charge in [0, 0.05) is 30.2 Å². The van der Waals surface area contributed by atoms with Crippen molar-refractivity contribution in [2.45, 2.75) is 39.3 Å². The molecule has 0 radical (unpaired) electrons. The van der Waals surface area contributed by atoms with Gasteiger partial charge >= 0.3 is 0 Å². The number of likely N-dealkylation sites (tertiary alicyclic amines) is 1. The number of hydrogen-bond donors (Lipinski definition) is 1. The van der Waals surface area contributed by atoms with E-state index in [9.17, 15) is 5.11 Å². The summed E-state index contributed by atoms with van der Waals surface area (Å²) < 4.78 is 2.32. The number of fused-ring (bicyclic) bond motifs is 1. The molecule has 3 nitrogen and oxygen atoms in total. The Kier molecular flexibility index (Phi) is 3.47. The zero-order valence-corrected chi connectivity index (χ0v) is 11.6. The van der Waals surface area contributed by atoms with E-state index in [-0.39, 0.29) is 0 Å². The summed E-state index contributed by atoms with van der Waals surface area (Å²) in [6.45, 7) is 6.59. The van der Waals surface area contributed by atoms with Crippen molar-refractivity contribution in [2.24, 2.45) is 0 Å². The Hall–Kier alpha value is -1.48. The van der Waals surface area contributed by atoms with Gasteiger partial charge in [-0.15, -0.1) is 0 Å². The Morgan fingerprint density at radius 3 is 2.63 bits per heavy atom. The van der Waals surface area contributed by atoms with Gasteiger partial charge in [-0.3, -0.25) is 4.90 Å². The minimum Gasteiger partial charge on any atom is -0.508 e. The van der Waals surface area contributed by atoms with E-state index in [0.29, 0.717) is 5.75 Å². The van der Waals surface area contributed by atoms with E-state index in [1.54, 1.807) is 6.07 Å². The molecule has 1 N–H and O–H groups in total. The molecule has 0 bridgehead atoms. The fraction of sp³-hybridized carbons (Fsp3) is 0.500. The van der Waals surface area contributed by atoms with Gasteiger partial charge in [0.2, 0.25) is 0 Å². The average Bonchev–Trinajstić information content (AvgIpc) is 2.76. The van der Waals surface area contributed by atoms with Gasteiger partial charge in [0.15, 0.2) is 0 Å².